The van der Waals surface area contributed by atoms with E-state index in [0.717, 1.165) is 51.4 Å². The molecule has 0 saturated heterocycles. The molecule has 24 heteroatoms. The van der Waals surface area contributed by atoms with Crippen LogP contribution in [0.3, 0.4) is 0 Å². The van der Waals surface area contributed by atoms with Gasteiger partial charge in [-0.1, -0.05) is 73.5 Å². The zero-order chi connectivity index (χ0) is 70.6. The maximum atomic E-state index is 13.5. The van der Waals surface area contributed by atoms with E-state index in [1.54, 1.807) is 117 Å². The number of carbonyl (C=O) groups is 4. The number of aliphatic hydroxyl groups is 2. The first-order valence-corrected chi connectivity index (χ1v) is 38.2. The summed E-state index contributed by atoms with van der Waals surface area (Å²) in [5.74, 6) is -2.39. The number of ether oxygens (including phenoxy) is 4. The van der Waals surface area contributed by atoms with Gasteiger partial charge in [0, 0.05) is 101 Å². The molecule has 4 amide bonds. The Labute approximate surface area is 587 Å². The summed E-state index contributed by atoms with van der Waals surface area (Å²) in [5, 5.41) is 24.7. The number of sulfonamides is 2. The van der Waals surface area contributed by atoms with Crippen LogP contribution in [0, 0.1) is 35.5 Å². The minimum atomic E-state index is -4.06. The monoisotopic (exact) mass is 1430 g/mol. The van der Waals surface area contributed by atoms with Crippen LogP contribution in [0.5, 0.6) is 11.5 Å². The van der Waals surface area contributed by atoms with Gasteiger partial charge >= 0.3 is 0 Å². The third-order valence-electron chi connectivity index (χ3n) is 23.0. The lowest BCUT2D eigenvalue weighted by atomic mass is 9.62. The van der Waals surface area contributed by atoms with Crippen molar-refractivity contribution in [2.45, 2.75) is 149 Å². The number of nitrogens with one attached hydrogen (secondary N) is 2. The molecule has 0 aromatic heterocycles. The minimum Gasteiger partial charge on any atom is -0.490 e. The van der Waals surface area contributed by atoms with Crippen molar-refractivity contribution in [2.75, 3.05) is 91.6 Å². The number of rotatable bonds is 6. The van der Waals surface area contributed by atoms with E-state index in [1.165, 1.54) is 46.3 Å². The van der Waals surface area contributed by atoms with Crippen molar-refractivity contribution in [3.63, 3.8) is 0 Å². The van der Waals surface area contributed by atoms with Crippen LogP contribution >= 0.6 is 23.2 Å². The Balaban J connectivity index is 0.000000198. The summed E-state index contributed by atoms with van der Waals surface area (Å²) in [6.45, 7) is 9.75. The molecule has 14 atom stereocenters. The zero-order valence-electron chi connectivity index (χ0n) is 57.9. The zero-order valence-corrected chi connectivity index (χ0v) is 61.0. The van der Waals surface area contributed by atoms with Gasteiger partial charge in [0.2, 0.25) is 20.0 Å². The molecule has 4 bridgehead atoms. The lowest BCUT2D eigenvalue weighted by molar-refractivity contribution is -0.169. The molecule has 8 aliphatic rings. The Kier molecular flexibility index (Phi) is 21.3. The molecule has 0 unspecified atom stereocenters. The van der Waals surface area contributed by atoms with Gasteiger partial charge in [-0.05, 0) is 209 Å². The summed E-state index contributed by atoms with van der Waals surface area (Å²) in [6.07, 6.45) is 13.6. The molecule has 4 aromatic rings. The van der Waals surface area contributed by atoms with Gasteiger partial charge in [-0.15, -0.1) is 0 Å². The van der Waals surface area contributed by atoms with E-state index in [2.05, 4.69) is 31.4 Å². The number of aryl methyl sites for hydroxylation is 2. The molecule has 12 rings (SSSR count). The average Bonchev–Trinajstić information content (AvgIpc) is 1.33. The summed E-state index contributed by atoms with van der Waals surface area (Å²) in [7, 11) is 1.31. The van der Waals surface area contributed by atoms with Crippen LogP contribution in [0.25, 0.3) is 0 Å². The van der Waals surface area contributed by atoms with E-state index in [4.69, 9.17) is 42.1 Å². The fourth-order valence-electron chi connectivity index (χ4n) is 16.6. The lowest BCUT2D eigenvalue weighted by Gasteiger charge is -2.51. The fourth-order valence-corrected chi connectivity index (χ4v) is 19.6. The molecule has 2 saturated carbocycles. The summed E-state index contributed by atoms with van der Waals surface area (Å²) < 4.78 is 83.0. The van der Waals surface area contributed by atoms with Crippen LogP contribution in [0.4, 0.5) is 11.4 Å². The van der Waals surface area contributed by atoms with Crippen LogP contribution in [0.15, 0.2) is 97.1 Å². The number of amides is 4. The predicted octanol–water partition coefficient (Wildman–Crippen LogP) is 9.44. The van der Waals surface area contributed by atoms with Gasteiger partial charge in [0.15, 0.2) is 12.2 Å². The number of likely N-dealkylation sites (N-methyl/N-ethyl adjacent to an activating group) is 2. The van der Waals surface area contributed by atoms with Crippen molar-refractivity contribution in [3.05, 3.63) is 141 Å². The third kappa shape index (κ3) is 14.1. The highest BCUT2D eigenvalue weighted by Gasteiger charge is 2.56. The molecule has 4 heterocycles. The number of halogens is 2. The van der Waals surface area contributed by atoms with Crippen LogP contribution in [0.2, 0.25) is 10.0 Å². The number of hydrogen-bond donors (Lipinski definition) is 4. The van der Waals surface area contributed by atoms with Crippen molar-refractivity contribution in [3.8, 4) is 11.5 Å². The van der Waals surface area contributed by atoms with Crippen LogP contribution < -0.4 is 28.7 Å². The van der Waals surface area contributed by atoms with E-state index < -0.39 is 77.6 Å². The van der Waals surface area contributed by atoms with Gasteiger partial charge in [0.25, 0.3) is 23.6 Å². The Morgan fingerprint density at radius 3 is 1.33 bits per heavy atom. The Bertz CT molecular complexity index is 3750. The molecule has 4 aromatic carbocycles. The van der Waals surface area contributed by atoms with E-state index >= 15 is 0 Å². The minimum absolute atomic E-state index is 0.0272. The number of nitrogens with zero attached hydrogens (tertiary/aromatic N) is 4. The maximum absolute atomic E-state index is 13.5. The predicted molar refractivity (Wildman–Crippen MR) is 379 cm³/mol. The van der Waals surface area contributed by atoms with E-state index in [1.807, 2.05) is 24.3 Å². The van der Waals surface area contributed by atoms with Crippen molar-refractivity contribution in [1.29, 1.82) is 0 Å². The van der Waals surface area contributed by atoms with E-state index in [-0.39, 0.29) is 57.4 Å². The number of methoxy groups -OCH3 is 2. The quantitative estimate of drug-likeness (QED) is 0.131. The molecule has 4 N–H and O–H groups in total. The first kappa shape index (κ1) is 73.0. The van der Waals surface area contributed by atoms with E-state index in [9.17, 15) is 46.2 Å². The normalized spacial score (nSPS) is 32.3. The second-order valence-electron chi connectivity index (χ2n) is 29.5. The summed E-state index contributed by atoms with van der Waals surface area (Å²) in [6, 6.07) is 22.3. The largest absolute Gasteiger partial charge is 0.490 e. The number of carbonyl (C=O) groups excluding carboxylic acids is 4. The van der Waals surface area contributed by atoms with Gasteiger partial charge in [0.05, 0.1) is 35.1 Å². The highest BCUT2D eigenvalue weighted by molar-refractivity contribution is 7.91. The highest BCUT2D eigenvalue weighted by Crippen LogP contribution is 2.52. The summed E-state index contributed by atoms with van der Waals surface area (Å²) in [4.78, 5) is 61.3. The molecule has 20 nitrogen and oxygen atoms in total. The van der Waals surface area contributed by atoms with Crippen molar-refractivity contribution < 1.29 is 65.2 Å². The second kappa shape index (κ2) is 28.6. The van der Waals surface area contributed by atoms with Gasteiger partial charge in [-0.3, -0.25) is 19.2 Å². The molecule has 2 spiro atoms. The molecule has 2 fully saturated rings. The third-order valence-corrected chi connectivity index (χ3v) is 27.3. The Morgan fingerprint density at radius 2 is 0.980 bits per heavy atom. The van der Waals surface area contributed by atoms with Crippen molar-refractivity contribution >= 4 is 78.3 Å². The SMILES string of the molecule is CO[C@H](C(=O)N(C)C)[C@@]1(O)/C=C/C[C@H](C)[C@@H](C)S(=O)(=O)NC(=O)c2ccc3c(c2)N(C[C@@H]2CC[C@H]21)C[C@@]1(CCCc2cc(Cl)ccc21)CO3.CO[C@H](C(=O)N(C)C)[C@]1(O)/C=C/C[C@H](C)[C@@H](C)S(=O)(=O)NC(=O)c2ccc3c(c2)N(C[C@@H]2CC[C@H]21)C[C@@]1(CCCc2cc(Cl)ccc21)CO3. The second-order valence-corrected chi connectivity index (χ2v) is 34.5. The summed E-state index contributed by atoms with van der Waals surface area (Å²) in [5.41, 5.74) is 2.54. The molecule has 532 valence electrons. The summed E-state index contributed by atoms with van der Waals surface area (Å²) >= 11 is 12.9. The molecule has 98 heavy (non-hydrogen) atoms. The van der Waals surface area contributed by atoms with Gasteiger partial charge < -0.3 is 48.8 Å². The molecular weight excluding hydrogens is 1330 g/mol. The standard InChI is InChI=1S/2C37H48ClN3O7S/c2*1-23-8-6-17-37(44,33(47-5)35(43)40(3)4)30-13-10-27(30)20-41-21-36(16-7-9-25-18-28(38)12-14-29(25)36)22-48-32-15-11-26(19-31(32)41)34(42)39-49(45,46)24(23)2/h2*6,11-12,14-15,17-19,23-24,27,30,33,44H,7-10,13,16,20-22H2,1-5H3,(H,39,42)/b2*17-6+/t23-,24+,27-,30+,33+,36-,37+;23-,24+,27-,30+,33+,36-,37-/m00/s1. The van der Waals surface area contributed by atoms with Crippen molar-refractivity contribution in [2.24, 2.45) is 35.5 Å². The topological polar surface area (TPSA) is 251 Å². The smallest absolute Gasteiger partial charge is 0.264 e. The first-order chi connectivity index (χ1) is 46.4. The number of allylic oxidation sites excluding steroid dienone is 2. The Morgan fingerprint density at radius 1 is 0.592 bits per heavy atom. The number of hydrogen-bond acceptors (Lipinski definition) is 16. The molecular formula is C74H96Cl2N6O14S2. The lowest BCUT2D eigenvalue weighted by Crippen LogP contribution is -2.60. The van der Waals surface area contributed by atoms with Crippen LogP contribution in [-0.2, 0) is 62.8 Å². The van der Waals surface area contributed by atoms with Gasteiger partial charge in [-0.25, -0.2) is 26.3 Å². The fraction of sp³-hybridized carbons (Fsp3) is 0.568. The van der Waals surface area contributed by atoms with Crippen LogP contribution in [0.1, 0.15) is 135 Å². The number of fused-ring (bicyclic) bond motifs is 8. The highest BCUT2D eigenvalue weighted by atomic mass is 35.5. The van der Waals surface area contributed by atoms with Gasteiger partial charge in [0.1, 0.15) is 22.7 Å². The van der Waals surface area contributed by atoms with Gasteiger partial charge in [-0.2, -0.15) is 0 Å². The maximum Gasteiger partial charge on any atom is 0.264 e. The van der Waals surface area contributed by atoms with Crippen molar-refractivity contribution in [1.82, 2.24) is 19.2 Å². The average molecular weight is 1430 g/mol. The molecule has 4 aliphatic carbocycles. The number of benzene rings is 4. The Hall–Kier alpha value is -6.24. The van der Waals surface area contributed by atoms with E-state index in [0.29, 0.717) is 98.0 Å². The van der Waals surface area contributed by atoms with Crippen LogP contribution in [-0.4, -0.2) is 176 Å². The number of anilines is 2. The molecule has 4 aliphatic heterocycles. The molecule has 0 radical (unpaired) electrons. The first-order valence-electron chi connectivity index (χ1n) is 34.4.